The van der Waals surface area contributed by atoms with Crippen LogP contribution in [0.5, 0.6) is 0 Å². The zero-order chi connectivity index (χ0) is 2.71. The quantitative estimate of drug-likeness (QED) is 0.451. The Hall–Kier alpha value is 0.473. The summed E-state index contributed by atoms with van der Waals surface area (Å²) in [7, 11) is 0. The summed E-state index contributed by atoms with van der Waals surface area (Å²) in [6, 6.07) is 0. The van der Waals surface area contributed by atoms with Crippen LogP contribution in [0.1, 0.15) is 0 Å². The summed E-state index contributed by atoms with van der Waals surface area (Å²) in [6.07, 6.45) is 0. The molecule has 0 bridgehead atoms. The van der Waals surface area contributed by atoms with Gasteiger partial charge in [0.05, 0.1) is 11.8 Å². The summed E-state index contributed by atoms with van der Waals surface area (Å²) in [4.78, 5) is 8.32. The molecule has 0 amide bonds. The van der Waals surface area contributed by atoms with E-state index in [1.165, 1.54) is 0 Å². The minimum absolute atomic E-state index is 0. The third-order valence-electron chi connectivity index (χ3n) is 0. The molecule has 0 aliphatic heterocycles. The number of halogens is 1. The van der Waals surface area contributed by atoms with Gasteiger partial charge in [-0.1, -0.05) is 0 Å². The van der Waals surface area contributed by atoms with E-state index < -0.39 is 0 Å². The first-order chi connectivity index (χ1) is 1.41. The van der Waals surface area contributed by atoms with Gasteiger partial charge in [-0.05, 0) is 0 Å². The van der Waals surface area contributed by atoms with Gasteiger partial charge in [0.25, 0.3) is 0 Å². The molecule has 0 aromatic rings. The van der Waals surface area contributed by atoms with Gasteiger partial charge in [-0.25, -0.2) is 0 Å². The molecule has 0 saturated heterocycles. The largest absolute Gasteiger partial charge is 3.00 e. The van der Waals surface area contributed by atoms with Crippen molar-refractivity contribution >= 4 is 11.8 Å². The SMILES string of the molecule is N.O=NCl.[Ru+3]. The zero-order valence-electron chi connectivity index (χ0n) is 2.29. The van der Waals surface area contributed by atoms with Crippen molar-refractivity contribution in [3.63, 3.8) is 0 Å². The van der Waals surface area contributed by atoms with Crippen LogP contribution in [0, 0.1) is 4.91 Å². The van der Waals surface area contributed by atoms with Crippen LogP contribution < -0.4 is 6.15 Å². The van der Waals surface area contributed by atoms with E-state index in [4.69, 9.17) is 4.91 Å². The maximum atomic E-state index is 8.32. The average molecular weight is 184 g/mol. The van der Waals surface area contributed by atoms with E-state index in [9.17, 15) is 0 Å². The second-order valence-corrected chi connectivity index (χ2v) is 0.207. The van der Waals surface area contributed by atoms with Crippen LogP contribution in [0.15, 0.2) is 4.70 Å². The summed E-state index contributed by atoms with van der Waals surface area (Å²) in [5.41, 5.74) is 0. The molecule has 5 heavy (non-hydrogen) atoms. The molecule has 3 N–H and O–H groups in total. The van der Waals surface area contributed by atoms with Gasteiger partial charge in [-0.2, -0.15) is 0 Å². The van der Waals surface area contributed by atoms with Crippen LogP contribution in [-0.4, -0.2) is 0 Å². The van der Waals surface area contributed by atoms with Crippen LogP contribution in [0.3, 0.4) is 0 Å². The van der Waals surface area contributed by atoms with Crippen molar-refractivity contribution in [2.45, 2.75) is 0 Å². The van der Waals surface area contributed by atoms with Crippen LogP contribution >= 0.6 is 11.8 Å². The van der Waals surface area contributed by atoms with Gasteiger partial charge in [0, 0.05) is 4.70 Å². The first kappa shape index (κ1) is 17.9. The van der Waals surface area contributed by atoms with Crippen LogP contribution in [-0.2, 0) is 19.5 Å². The predicted octanol–water partition coefficient (Wildman–Crippen LogP) is 1.07. The summed E-state index contributed by atoms with van der Waals surface area (Å²) in [5.74, 6) is 0. The fourth-order valence-electron chi connectivity index (χ4n) is 0. The van der Waals surface area contributed by atoms with Gasteiger partial charge in [0.15, 0.2) is 0 Å². The Balaban J connectivity index is -0.0000000200. The van der Waals surface area contributed by atoms with Crippen molar-refractivity contribution in [1.29, 1.82) is 0 Å². The van der Waals surface area contributed by atoms with Crippen molar-refractivity contribution < 1.29 is 19.5 Å². The number of hydrogen-bond donors (Lipinski definition) is 1. The van der Waals surface area contributed by atoms with Crippen molar-refractivity contribution in [2.24, 2.45) is 4.70 Å². The molecule has 0 rings (SSSR count). The van der Waals surface area contributed by atoms with E-state index in [0.717, 1.165) is 0 Å². The molecule has 0 aromatic heterocycles. The maximum Gasteiger partial charge on any atom is 3.00 e. The van der Waals surface area contributed by atoms with Crippen molar-refractivity contribution in [2.75, 3.05) is 0 Å². The number of nitrogens with zero attached hydrogens (tertiary/aromatic N) is 1. The fraction of sp³-hybridized carbons (Fsp3) is 0. The summed E-state index contributed by atoms with van der Waals surface area (Å²) >= 11 is 4.07. The predicted molar refractivity (Wildman–Crippen MR) is 16.7 cm³/mol. The molecule has 0 aliphatic rings. The molecule has 0 spiro atoms. The van der Waals surface area contributed by atoms with Gasteiger partial charge in [0.1, 0.15) is 0 Å². The van der Waals surface area contributed by atoms with Gasteiger partial charge >= 0.3 is 19.5 Å². The van der Waals surface area contributed by atoms with Gasteiger partial charge < -0.3 is 6.15 Å². The Labute approximate surface area is 47.5 Å². The molecule has 5 heteroatoms. The standard InChI is InChI=1S/ClNO.H3N.Ru/c1-2-3;;/h;1H3;/q;;+3. The smallest absolute Gasteiger partial charge is 0.344 e. The summed E-state index contributed by atoms with van der Waals surface area (Å²) < 4.78 is 1.72. The molecule has 3 nitrogen and oxygen atoms in total. The Kier molecular flexibility index (Phi) is 89.0. The molecule has 0 saturated carbocycles. The number of nitroso groups, excluding NO2 is 1. The Morgan fingerprint density at radius 3 is 1.60 bits per heavy atom. The third kappa shape index (κ3) is 122. The Bertz CT molecular complexity index is 17.1. The van der Waals surface area contributed by atoms with Gasteiger partial charge in [0.2, 0.25) is 0 Å². The molecule has 0 atom stereocenters. The van der Waals surface area contributed by atoms with Gasteiger partial charge in [-0.3, -0.25) is 0 Å². The minimum atomic E-state index is 0. The molecule has 0 heterocycles. The molecule has 31 valence electrons. The monoisotopic (exact) mass is 184 g/mol. The number of hydrogen-bond acceptors (Lipinski definition) is 3. The number of rotatable bonds is 0. The van der Waals surface area contributed by atoms with E-state index in [1.54, 1.807) is 4.70 Å². The van der Waals surface area contributed by atoms with E-state index >= 15 is 0 Å². The molecular formula is H3ClN2ORu+3. The third-order valence-corrected chi connectivity index (χ3v) is 0. The van der Waals surface area contributed by atoms with Crippen LogP contribution in [0.2, 0.25) is 0 Å². The van der Waals surface area contributed by atoms with Crippen molar-refractivity contribution in [1.82, 2.24) is 6.15 Å². The van der Waals surface area contributed by atoms with Crippen LogP contribution in [0.4, 0.5) is 0 Å². The second kappa shape index (κ2) is 24.9. The van der Waals surface area contributed by atoms with E-state index in [-0.39, 0.29) is 25.6 Å². The normalized spacial score (nSPS) is 2.60. The van der Waals surface area contributed by atoms with Crippen molar-refractivity contribution in [3.8, 4) is 0 Å². The second-order valence-electron chi connectivity index (χ2n) is 0.0690. The Morgan fingerprint density at radius 2 is 1.60 bits per heavy atom. The van der Waals surface area contributed by atoms with E-state index in [2.05, 4.69) is 11.8 Å². The zero-order valence-corrected chi connectivity index (χ0v) is 4.79. The molecule has 0 aliphatic carbocycles. The maximum absolute atomic E-state index is 8.32. The summed E-state index contributed by atoms with van der Waals surface area (Å²) in [6.45, 7) is 0. The molecule has 0 unspecified atom stereocenters. The average Bonchev–Trinajstić information content (AvgIpc) is 0.918. The van der Waals surface area contributed by atoms with Gasteiger partial charge in [-0.15, -0.1) is 4.91 Å². The molecule has 0 fully saturated rings. The fourth-order valence-corrected chi connectivity index (χ4v) is 0. The molecule has 1 radical (unpaired) electrons. The minimum Gasteiger partial charge on any atom is -0.344 e. The summed E-state index contributed by atoms with van der Waals surface area (Å²) in [5, 5.41) is 0. The van der Waals surface area contributed by atoms with Crippen LogP contribution in [0.25, 0.3) is 0 Å². The topological polar surface area (TPSA) is 64.4 Å². The molecular weight excluding hydrogens is 181 g/mol. The molecule has 0 aromatic carbocycles. The first-order valence-electron chi connectivity index (χ1n) is 0.352. The van der Waals surface area contributed by atoms with E-state index in [0.29, 0.717) is 0 Å². The Morgan fingerprint density at radius 1 is 1.60 bits per heavy atom. The van der Waals surface area contributed by atoms with E-state index in [1.807, 2.05) is 0 Å². The van der Waals surface area contributed by atoms with Crippen molar-refractivity contribution in [3.05, 3.63) is 4.91 Å². The first-order valence-corrected chi connectivity index (χ1v) is 0.690.